The Morgan fingerprint density at radius 3 is 2.73 bits per heavy atom. The number of anilines is 1. The van der Waals surface area contributed by atoms with Gasteiger partial charge in [-0.25, -0.2) is 4.79 Å². The molecule has 2 aromatic heterocycles. The zero-order valence-electron chi connectivity index (χ0n) is 15.7. The minimum atomic E-state index is -0.333. The van der Waals surface area contributed by atoms with Gasteiger partial charge in [-0.05, 0) is 54.5 Å². The lowest BCUT2D eigenvalue weighted by molar-refractivity contribution is 0.0526. The average Bonchev–Trinajstić information content (AvgIpc) is 3.21. The van der Waals surface area contributed by atoms with Gasteiger partial charge >= 0.3 is 5.97 Å². The maximum atomic E-state index is 12.6. The van der Waals surface area contributed by atoms with Crippen LogP contribution in [0.1, 0.15) is 64.6 Å². The molecular formula is C20H25NO3S2. The summed E-state index contributed by atoms with van der Waals surface area (Å²) in [5, 5.41) is 5.45. The van der Waals surface area contributed by atoms with Crippen LogP contribution >= 0.6 is 22.7 Å². The smallest absolute Gasteiger partial charge is 0.341 e. The number of carbonyl (C=O) groups is 2. The fourth-order valence-electron chi connectivity index (χ4n) is 3.40. The van der Waals surface area contributed by atoms with E-state index in [1.54, 1.807) is 13.0 Å². The second-order valence-electron chi connectivity index (χ2n) is 7.67. The summed E-state index contributed by atoms with van der Waals surface area (Å²) in [6.07, 6.45) is 2.86. The highest BCUT2D eigenvalue weighted by atomic mass is 32.1. The fourth-order valence-corrected chi connectivity index (χ4v) is 5.33. The second kappa shape index (κ2) is 7.53. The summed E-state index contributed by atoms with van der Waals surface area (Å²) in [6, 6.07) is 3.63. The van der Waals surface area contributed by atoms with Gasteiger partial charge in [0.05, 0.1) is 17.0 Å². The molecule has 1 amide bonds. The van der Waals surface area contributed by atoms with E-state index >= 15 is 0 Å². The molecule has 1 aliphatic rings. The zero-order valence-corrected chi connectivity index (χ0v) is 17.3. The van der Waals surface area contributed by atoms with Crippen LogP contribution in [-0.4, -0.2) is 18.5 Å². The van der Waals surface area contributed by atoms with Crippen LogP contribution in [0.4, 0.5) is 5.00 Å². The maximum absolute atomic E-state index is 12.6. The first-order chi connectivity index (χ1) is 12.3. The third-order valence-electron chi connectivity index (χ3n) is 4.94. The van der Waals surface area contributed by atoms with Gasteiger partial charge < -0.3 is 10.1 Å². The van der Waals surface area contributed by atoms with Crippen LogP contribution in [0, 0.1) is 11.3 Å². The molecule has 0 aliphatic heterocycles. The summed E-state index contributed by atoms with van der Waals surface area (Å²) in [5.74, 6) is 0.0711. The molecule has 0 unspecified atom stereocenters. The zero-order chi connectivity index (χ0) is 18.9. The minimum absolute atomic E-state index is 0.170. The quantitative estimate of drug-likeness (QED) is 0.711. The first kappa shape index (κ1) is 19.1. The lowest BCUT2D eigenvalue weighted by Gasteiger charge is -2.33. The van der Waals surface area contributed by atoms with E-state index in [1.807, 2.05) is 11.4 Å². The molecule has 2 heterocycles. The molecule has 0 bridgehead atoms. The number of ether oxygens (including phenoxy) is 1. The van der Waals surface area contributed by atoms with Crippen molar-refractivity contribution in [1.29, 1.82) is 0 Å². The van der Waals surface area contributed by atoms with Crippen LogP contribution < -0.4 is 5.32 Å². The number of thiophene rings is 2. The number of hydrogen-bond donors (Lipinski definition) is 1. The molecule has 140 valence electrons. The standard InChI is InChI=1S/C20H25NO3S2/c1-5-24-19(23)16-13-9-8-12(20(2,3)4)11-15(13)26-18(16)21-17(22)14-7-6-10-25-14/h6-7,10,12H,5,8-9,11H2,1-4H3,(H,21,22)/t12-/m1/s1. The number of nitrogens with one attached hydrogen (secondary N) is 1. The highest BCUT2D eigenvalue weighted by molar-refractivity contribution is 7.17. The molecule has 2 aromatic rings. The third kappa shape index (κ3) is 3.86. The van der Waals surface area contributed by atoms with Gasteiger partial charge in [0.25, 0.3) is 5.91 Å². The van der Waals surface area contributed by atoms with Gasteiger partial charge in [0.15, 0.2) is 0 Å². The lowest BCUT2D eigenvalue weighted by atomic mass is 9.72. The summed E-state index contributed by atoms with van der Waals surface area (Å²) in [6.45, 7) is 8.93. The number of esters is 1. The van der Waals surface area contributed by atoms with E-state index in [9.17, 15) is 9.59 Å². The van der Waals surface area contributed by atoms with Crippen LogP contribution in [-0.2, 0) is 17.6 Å². The maximum Gasteiger partial charge on any atom is 0.341 e. The van der Waals surface area contributed by atoms with Gasteiger partial charge in [-0.1, -0.05) is 26.8 Å². The predicted octanol–water partition coefficient (Wildman–Crippen LogP) is 5.39. The van der Waals surface area contributed by atoms with Crippen molar-refractivity contribution in [3.05, 3.63) is 38.4 Å². The van der Waals surface area contributed by atoms with Gasteiger partial charge in [0, 0.05) is 4.88 Å². The van der Waals surface area contributed by atoms with Crippen molar-refractivity contribution in [2.24, 2.45) is 11.3 Å². The minimum Gasteiger partial charge on any atom is -0.462 e. The van der Waals surface area contributed by atoms with E-state index in [2.05, 4.69) is 26.1 Å². The molecule has 1 aliphatic carbocycles. The van der Waals surface area contributed by atoms with Gasteiger partial charge in [0.2, 0.25) is 0 Å². The summed E-state index contributed by atoms with van der Waals surface area (Å²) < 4.78 is 5.28. The Bertz CT molecular complexity index is 800. The van der Waals surface area contributed by atoms with Crippen molar-refractivity contribution in [3.8, 4) is 0 Å². The molecule has 0 aromatic carbocycles. The van der Waals surface area contributed by atoms with Crippen molar-refractivity contribution in [3.63, 3.8) is 0 Å². The average molecular weight is 392 g/mol. The molecule has 4 nitrogen and oxygen atoms in total. The molecule has 1 atom stereocenters. The monoisotopic (exact) mass is 391 g/mol. The molecule has 0 saturated heterocycles. The van der Waals surface area contributed by atoms with Crippen molar-refractivity contribution >= 4 is 39.6 Å². The Morgan fingerprint density at radius 1 is 1.35 bits per heavy atom. The van der Waals surface area contributed by atoms with E-state index in [4.69, 9.17) is 4.74 Å². The predicted molar refractivity (Wildman–Crippen MR) is 108 cm³/mol. The van der Waals surface area contributed by atoms with E-state index in [0.717, 1.165) is 24.8 Å². The summed E-state index contributed by atoms with van der Waals surface area (Å²) in [5.41, 5.74) is 1.85. The first-order valence-corrected chi connectivity index (χ1v) is 10.7. The number of hydrogen-bond acceptors (Lipinski definition) is 5. The van der Waals surface area contributed by atoms with Gasteiger partial charge in [-0.15, -0.1) is 22.7 Å². The molecule has 0 saturated carbocycles. The highest BCUT2D eigenvalue weighted by Gasteiger charge is 2.34. The van der Waals surface area contributed by atoms with Crippen molar-refractivity contribution < 1.29 is 14.3 Å². The van der Waals surface area contributed by atoms with E-state index < -0.39 is 0 Å². The number of amides is 1. The molecular weight excluding hydrogens is 366 g/mol. The molecule has 3 rings (SSSR count). The van der Waals surface area contributed by atoms with Crippen LogP contribution in [0.15, 0.2) is 17.5 Å². The number of rotatable bonds is 4. The van der Waals surface area contributed by atoms with Crippen LogP contribution in [0.2, 0.25) is 0 Å². The molecule has 6 heteroatoms. The van der Waals surface area contributed by atoms with Crippen molar-refractivity contribution in [1.82, 2.24) is 0 Å². The summed E-state index contributed by atoms with van der Waals surface area (Å²) in [7, 11) is 0. The number of fused-ring (bicyclic) bond motifs is 1. The first-order valence-electron chi connectivity index (χ1n) is 8.97. The fraction of sp³-hybridized carbons (Fsp3) is 0.500. The number of carbonyl (C=O) groups excluding carboxylic acids is 2. The van der Waals surface area contributed by atoms with Crippen LogP contribution in [0.3, 0.4) is 0 Å². The van der Waals surface area contributed by atoms with Gasteiger partial charge in [-0.3, -0.25) is 4.79 Å². The van der Waals surface area contributed by atoms with Crippen LogP contribution in [0.25, 0.3) is 0 Å². The Labute approximate surface area is 162 Å². The lowest BCUT2D eigenvalue weighted by Crippen LogP contribution is -2.26. The summed E-state index contributed by atoms with van der Waals surface area (Å²) in [4.78, 5) is 26.9. The third-order valence-corrected chi connectivity index (χ3v) is 6.98. The SMILES string of the molecule is CCOC(=O)c1c(NC(=O)c2cccs2)sc2c1CC[C@@H](C(C)(C)C)C2. The summed E-state index contributed by atoms with van der Waals surface area (Å²) >= 11 is 2.92. The van der Waals surface area contributed by atoms with E-state index in [-0.39, 0.29) is 17.3 Å². The van der Waals surface area contributed by atoms with E-state index in [0.29, 0.717) is 28.0 Å². The van der Waals surface area contributed by atoms with Gasteiger partial charge in [-0.2, -0.15) is 0 Å². The van der Waals surface area contributed by atoms with Gasteiger partial charge in [0.1, 0.15) is 5.00 Å². The molecule has 0 fully saturated rings. The molecule has 0 radical (unpaired) electrons. The Morgan fingerprint density at radius 2 is 2.12 bits per heavy atom. The van der Waals surface area contributed by atoms with E-state index in [1.165, 1.54) is 27.6 Å². The second-order valence-corrected chi connectivity index (χ2v) is 9.72. The van der Waals surface area contributed by atoms with Crippen molar-refractivity contribution in [2.45, 2.75) is 47.0 Å². The molecule has 1 N–H and O–H groups in total. The normalized spacial score (nSPS) is 16.8. The Kier molecular flexibility index (Phi) is 5.53. The topological polar surface area (TPSA) is 55.4 Å². The highest BCUT2D eigenvalue weighted by Crippen LogP contribution is 2.44. The van der Waals surface area contributed by atoms with Crippen molar-refractivity contribution in [2.75, 3.05) is 11.9 Å². The Balaban J connectivity index is 1.94. The largest absolute Gasteiger partial charge is 0.462 e. The Hall–Kier alpha value is -1.66. The molecule has 26 heavy (non-hydrogen) atoms. The molecule has 0 spiro atoms. The van der Waals surface area contributed by atoms with Crippen LogP contribution in [0.5, 0.6) is 0 Å².